The van der Waals surface area contributed by atoms with Crippen LogP contribution in [0.5, 0.6) is 0 Å². The molecule has 118 valence electrons. The predicted octanol–water partition coefficient (Wildman–Crippen LogP) is 6.49. The predicted molar refractivity (Wildman–Crippen MR) is 94.7 cm³/mol. The minimum absolute atomic E-state index is 0.234. The maximum atomic E-state index is 6.15. The zero-order chi connectivity index (χ0) is 16.6. The second kappa shape index (κ2) is 6.30. The van der Waals surface area contributed by atoms with E-state index in [9.17, 15) is 0 Å². The Balaban J connectivity index is 2.15. The maximum Gasteiger partial charge on any atom is 0.183 e. The second-order valence-electron chi connectivity index (χ2n) is 5.66. The lowest BCUT2D eigenvalue weighted by molar-refractivity contribution is 0.831. The van der Waals surface area contributed by atoms with E-state index in [1.54, 1.807) is 18.2 Å². The molecule has 0 bridgehead atoms. The van der Waals surface area contributed by atoms with E-state index in [0.29, 0.717) is 15.7 Å². The third-order valence-corrected chi connectivity index (χ3v) is 4.11. The van der Waals surface area contributed by atoms with Gasteiger partial charge in [-0.3, -0.25) is 4.40 Å². The summed E-state index contributed by atoms with van der Waals surface area (Å²) in [5.74, 6) is 0.952. The number of rotatable bonds is 3. The average Bonchev–Trinajstić information content (AvgIpc) is 2.89. The molecule has 0 N–H and O–H groups in total. The van der Waals surface area contributed by atoms with Gasteiger partial charge in [0.25, 0.3) is 0 Å². The quantitative estimate of drug-likeness (QED) is 0.499. The van der Waals surface area contributed by atoms with Crippen LogP contribution in [0.25, 0.3) is 5.65 Å². The Labute approximate surface area is 144 Å². The van der Waals surface area contributed by atoms with Gasteiger partial charge in [-0.1, -0.05) is 43.1 Å². The van der Waals surface area contributed by atoms with E-state index in [1.807, 2.05) is 29.7 Å². The highest BCUT2D eigenvalue weighted by molar-refractivity contribution is 6.35. The van der Waals surface area contributed by atoms with Crippen LogP contribution in [0.1, 0.15) is 31.0 Å². The lowest BCUT2D eigenvalue weighted by Gasteiger charge is -2.02. The molecule has 2 aromatic heterocycles. The number of aromatic nitrogens is 2. The lowest BCUT2D eigenvalue weighted by Crippen LogP contribution is -1.87. The van der Waals surface area contributed by atoms with Gasteiger partial charge in [0.2, 0.25) is 0 Å². The van der Waals surface area contributed by atoms with Crippen LogP contribution >= 0.6 is 23.2 Å². The summed E-state index contributed by atoms with van der Waals surface area (Å²) in [4.78, 5) is 4.71. The second-order valence-corrected chi connectivity index (χ2v) is 6.50. The third-order valence-electron chi connectivity index (χ3n) is 3.55. The minimum atomic E-state index is 0.234. The molecule has 0 saturated heterocycles. The van der Waals surface area contributed by atoms with Crippen LogP contribution in [0.15, 0.2) is 46.8 Å². The monoisotopic (exact) mass is 346 g/mol. The SMILES string of the molecule is Cc1cccn2c(N=Nc3cc(Cl)ccc3Cl)c(C(C)C)nc12. The van der Waals surface area contributed by atoms with Crippen LogP contribution in [-0.4, -0.2) is 9.38 Å². The molecule has 1 aromatic carbocycles. The number of benzene rings is 1. The molecule has 3 aromatic rings. The molecule has 0 spiro atoms. The van der Waals surface area contributed by atoms with Crippen molar-refractivity contribution in [2.24, 2.45) is 10.2 Å². The smallest absolute Gasteiger partial charge is 0.183 e. The van der Waals surface area contributed by atoms with Gasteiger partial charge in [-0.05, 0) is 42.7 Å². The van der Waals surface area contributed by atoms with Gasteiger partial charge < -0.3 is 0 Å². The molecule has 0 aliphatic rings. The Bertz CT molecular complexity index is 897. The van der Waals surface area contributed by atoms with Gasteiger partial charge in [0.05, 0.1) is 10.7 Å². The average molecular weight is 347 g/mol. The summed E-state index contributed by atoms with van der Waals surface area (Å²) >= 11 is 12.1. The van der Waals surface area contributed by atoms with Crippen molar-refractivity contribution in [3.05, 3.63) is 57.8 Å². The molecule has 0 aliphatic carbocycles. The fraction of sp³-hybridized carbons (Fsp3) is 0.235. The number of hydrogen-bond acceptors (Lipinski definition) is 3. The fourth-order valence-corrected chi connectivity index (χ4v) is 2.68. The van der Waals surface area contributed by atoms with E-state index in [1.165, 1.54) is 0 Å². The Morgan fingerprint density at radius 3 is 2.65 bits per heavy atom. The van der Waals surface area contributed by atoms with Gasteiger partial charge in [0.1, 0.15) is 11.3 Å². The highest BCUT2D eigenvalue weighted by Gasteiger charge is 2.16. The van der Waals surface area contributed by atoms with Gasteiger partial charge in [-0.15, -0.1) is 10.2 Å². The van der Waals surface area contributed by atoms with Gasteiger partial charge in [-0.2, -0.15) is 0 Å². The Kier molecular flexibility index (Phi) is 4.37. The molecule has 23 heavy (non-hydrogen) atoms. The number of fused-ring (bicyclic) bond motifs is 1. The molecule has 0 unspecified atom stereocenters. The highest BCUT2D eigenvalue weighted by atomic mass is 35.5. The molecular weight excluding hydrogens is 331 g/mol. The van der Waals surface area contributed by atoms with E-state index in [4.69, 9.17) is 28.2 Å². The molecule has 6 heteroatoms. The van der Waals surface area contributed by atoms with Crippen molar-refractivity contribution >= 4 is 40.4 Å². The van der Waals surface area contributed by atoms with Gasteiger partial charge in [0.15, 0.2) is 5.82 Å². The zero-order valence-corrected chi connectivity index (χ0v) is 14.6. The van der Waals surface area contributed by atoms with Crippen molar-refractivity contribution in [3.8, 4) is 0 Å². The number of halogens is 2. The molecular formula is C17H16Cl2N4. The summed E-state index contributed by atoms with van der Waals surface area (Å²) in [6, 6.07) is 9.12. The first kappa shape index (κ1) is 16.0. The molecule has 0 aliphatic heterocycles. The van der Waals surface area contributed by atoms with Crippen LogP contribution in [0.4, 0.5) is 11.5 Å². The number of hydrogen-bond donors (Lipinski definition) is 0. The minimum Gasteiger partial charge on any atom is -0.283 e. The fourth-order valence-electron chi connectivity index (χ4n) is 2.36. The number of pyridine rings is 1. The van der Waals surface area contributed by atoms with Crippen LogP contribution in [0.2, 0.25) is 10.0 Å². The van der Waals surface area contributed by atoms with E-state index in [-0.39, 0.29) is 5.92 Å². The summed E-state index contributed by atoms with van der Waals surface area (Å²) in [5, 5.41) is 9.77. The number of nitrogens with zero attached hydrogens (tertiary/aromatic N) is 4. The van der Waals surface area contributed by atoms with E-state index < -0.39 is 0 Å². The summed E-state index contributed by atoms with van der Waals surface area (Å²) in [7, 11) is 0. The normalized spacial score (nSPS) is 11.9. The van der Waals surface area contributed by atoms with E-state index >= 15 is 0 Å². The van der Waals surface area contributed by atoms with Crippen molar-refractivity contribution in [1.82, 2.24) is 9.38 Å². The van der Waals surface area contributed by atoms with Crippen molar-refractivity contribution < 1.29 is 0 Å². The van der Waals surface area contributed by atoms with Crippen LogP contribution in [0, 0.1) is 6.92 Å². The van der Waals surface area contributed by atoms with E-state index in [0.717, 1.165) is 22.7 Å². The van der Waals surface area contributed by atoms with Crippen LogP contribution in [-0.2, 0) is 0 Å². The molecule has 0 radical (unpaired) electrons. The maximum absolute atomic E-state index is 6.15. The largest absolute Gasteiger partial charge is 0.283 e. The molecule has 0 atom stereocenters. The Morgan fingerprint density at radius 1 is 1.13 bits per heavy atom. The topological polar surface area (TPSA) is 42.0 Å². The summed E-state index contributed by atoms with van der Waals surface area (Å²) < 4.78 is 1.95. The highest BCUT2D eigenvalue weighted by Crippen LogP contribution is 2.33. The van der Waals surface area contributed by atoms with Crippen molar-refractivity contribution in [1.29, 1.82) is 0 Å². The first-order valence-electron chi connectivity index (χ1n) is 7.31. The van der Waals surface area contributed by atoms with Gasteiger partial charge in [0, 0.05) is 11.2 Å². The molecule has 4 nitrogen and oxygen atoms in total. The summed E-state index contributed by atoms with van der Waals surface area (Å²) in [5.41, 5.74) is 3.43. The van der Waals surface area contributed by atoms with Crippen LogP contribution in [0.3, 0.4) is 0 Å². The molecule has 0 fully saturated rings. The summed E-state index contributed by atoms with van der Waals surface area (Å²) in [6.07, 6.45) is 1.94. The molecule has 0 amide bonds. The first-order chi connectivity index (χ1) is 11.0. The van der Waals surface area contributed by atoms with Crippen molar-refractivity contribution in [2.75, 3.05) is 0 Å². The lowest BCUT2D eigenvalue weighted by atomic mass is 10.1. The summed E-state index contributed by atoms with van der Waals surface area (Å²) in [6.45, 7) is 6.20. The number of azo groups is 1. The standard InChI is InChI=1S/C17H16Cl2N4/c1-10(2)15-17(23-8-4-5-11(3)16(23)20-15)22-21-14-9-12(18)6-7-13(14)19/h4-10H,1-3H3. The van der Waals surface area contributed by atoms with Crippen molar-refractivity contribution in [2.45, 2.75) is 26.7 Å². The zero-order valence-electron chi connectivity index (χ0n) is 13.1. The van der Waals surface area contributed by atoms with Gasteiger partial charge in [-0.25, -0.2) is 4.98 Å². The molecule has 0 saturated carbocycles. The number of imidazole rings is 1. The Hall–Kier alpha value is -1.91. The molecule has 3 rings (SSSR count). The van der Waals surface area contributed by atoms with E-state index in [2.05, 4.69) is 24.1 Å². The Morgan fingerprint density at radius 2 is 1.91 bits per heavy atom. The number of aryl methyl sites for hydroxylation is 1. The van der Waals surface area contributed by atoms with Crippen molar-refractivity contribution in [3.63, 3.8) is 0 Å². The third kappa shape index (κ3) is 3.09. The van der Waals surface area contributed by atoms with Gasteiger partial charge >= 0.3 is 0 Å². The molecule has 2 heterocycles. The van der Waals surface area contributed by atoms with Crippen LogP contribution < -0.4 is 0 Å². The first-order valence-corrected chi connectivity index (χ1v) is 8.07.